The van der Waals surface area contributed by atoms with Gasteiger partial charge in [-0.15, -0.1) is 12.6 Å². The molecule has 0 saturated carbocycles. The molecular formula is C10H7FN2O2S. The van der Waals surface area contributed by atoms with Crippen molar-refractivity contribution >= 4 is 18.6 Å². The SMILES string of the molecule is O=C(O)c1cc(F)ccc1-c1cc(S)[nH]n1. The largest absolute Gasteiger partial charge is 0.478 e. The van der Waals surface area contributed by atoms with E-state index in [0.29, 0.717) is 16.3 Å². The highest BCUT2D eigenvalue weighted by Crippen LogP contribution is 2.24. The maximum absolute atomic E-state index is 12.9. The molecule has 2 N–H and O–H groups in total. The molecule has 0 saturated heterocycles. The molecule has 0 radical (unpaired) electrons. The van der Waals surface area contributed by atoms with Crippen molar-refractivity contribution < 1.29 is 14.3 Å². The number of H-pyrrole nitrogens is 1. The van der Waals surface area contributed by atoms with Crippen LogP contribution in [0.2, 0.25) is 0 Å². The summed E-state index contributed by atoms with van der Waals surface area (Å²) in [5.41, 5.74) is 0.646. The van der Waals surface area contributed by atoms with Crippen LogP contribution in [-0.2, 0) is 0 Å². The van der Waals surface area contributed by atoms with Gasteiger partial charge in [0.2, 0.25) is 0 Å². The Morgan fingerprint density at radius 1 is 1.44 bits per heavy atom. The Morgan fingerprint density at radius 2 is 2.19 bits per heavy atom. The molecule has 16 heavy (non-hydrogen) atoms. The third-order valence-electron chi connectivity index (χ3n) is 2.05. The number of rotatable bonds is 2. The van der Waals surface area contributed by atoms with Gasteiger partial charge in [-0.05, 0) is 24.3 Å². The molecule has 82 valence electrons. The molecule has 0 amide bonds. The minimum absolute atomic E-state index is 0.125. The van der Waals surface area contributed by atoms with Crippen molar-refractivity contribution in [1.29, 1.82) is 0 Å². The van der Waals surface area contributed by atoms with Crippen molar-refractivity contribution in [3.8, 4) is 11.3 Å². The van der Waals surface area contributed by atoms with Gasteiger partial charge < -0.3 is 5.11 Å². The summed E-state index contributed by atoms with van der Waals surface area (Å²) < 4.78 is 12.9. The van der Waals surface area contributed by atoms with E-state index < -0.39 is 11.8 Å². The van der Waals surface area contributed by atoms with Crippen LogP contribution < -0.4 is 0 Å². The number of benzene rings is 1. The van der Waals surface area contributed by atoms with Crippen molar-refractivity contribution in [1.82, 2.24) is 10.2 Å². The Morgan fingerprint density at radius 3 is 2.75 bits per heavy atom. The van der Waals surface area contributed by atoms with E-state index in [1.54, 1.807) is 6.07 Å². The summed E-state index contributed by atoms with van der Waals surface area (Å²) in [4.78, 5) is 10.9. The Hall–Kier alpha value is -1.82. The van der Waals surface area contributed by atoms with Crippen LogP contribution >= 0.6 is 12.6 Å². The van der Waals surface area contributed by atoms with Gasteiger partial charge in [0.05, 0.1) is 16.3 Å². The molecule has 1 aromatic heterocycles. The molecule has 2 aromatic rings. The van der Waals surface area contributed by atoms with Crippen LogP contribution in [0.3, 0.4) is 0 Å². The predicted molar refractivity (Wildman–Crippen MR) is 58.2 cm³/mol. The highest BCUT2D eigenvalue weighted by atomic mass is 32.1. The Balaban J connectivity index is 2.60. The van der Waals surface area contributed by atoms with E-state index in [0.717, 1.165) is 6.07 Å². The number of nitrogens with zero attached hydrogens (tertiary/aromatic N) is 1. The van der Waals surface area contributed by atoms with Gasteiger partial charge in [0.1, 0.15) is 5.82 Å². The molecule has 0 aliphatic carbocycles. The molecular weight excluding hydrogens is 231 g/mol. The van der Waals surface area contributed by atoms with Gasteiger partial charge in [-0.1, -0.05) is 0 Å². The smallest absolute Gasteiger partial charge is 0.336 e. The second kappa shape index (κ2) is 3.97. The summed E-state index contributed by atoms with van der Waals surface area (Å²) >= 11 is 4.02. The summed E-state index contributed by atoms with van der Waals surface area (Å²) in [5.74, 6) is -1.79. The van der Waals surface area contributed by atoms with Gasteiger partial charge in [0.15, 0.2) is 0 Å². The van der Waals surface area contributed by atoms with E-state index in [-0.39, 0.29) is 5.56 Å². The van der Waals surface area contributed by atoms with Crippen LogP contribution in [0.4, 0.5) is 4.39 Å². The van der Waals surface area contributed by atoms with Crippen LogP contribution in [0.5, 0.6) is 0 Å². The summed E-state index contributed by atoms with van der Waals surface area (Å²) in [7, 11) is 0. The standard InChI is InChI=1S/C10H7FN2O2S/c11-5-1-2-6(7(3-5)10(14)15)8-4-9(16)13-12-8/h1-4H,(H,14,15)(H2,12,13,16). The van der Waals surface area contributed by atoms with Crippen molar-refractivity contribution in [2.75, 3.05) is 0 Å². The molecule has 0 aliphatic heterocycles. The molecule has 0 aliphatic rings. The fourth-order valence-electron chi connectivity index (χ4n) is 1.37. The van der Waals surface area contributed by atoms with Gasteiger partial charge in [-0.2, -0.15) is 5.10 Å². The Kier molecular flexibility index (Phi) is 2.66. The molecule has 2 rings (SSSR count). The first-order chi connectivity index (χ1) is 7.58. The fourth-order valence-corrected chi connectivity index (χ4v) is 1.54. The van der Waals surface area contributed by atoms with E-state index in [9.17, 15) is 9.18 Å². The topological polar surface area (TPSA) is 66.0 Å². The number of hydrogen-bond acceptors (Lipinski definition) is 3. The van der Waals surface area contributed by atoms with Gasteiger partial charge in [-0.25, -0.2) is 9.18 Å². The maximum atomic E-state index is 12.9. The van der Waals surface area contributed by atoms with Gasteiger partial charge >= 0.3 is 5.97 Å². The third kappa shape index (κ3) is 1.92. The monoisotopic (exact) mass is 238 g/mol. The highest BCUT2D eigenvalue weighted by molar-refractivity contribution is 7.80. The maximum Gasteiger partial charge on any atom is 0.336 e. The van der Waals surface area contributed by atoms with Crippen LogP contribution in [0.1, 0.15) is 10.4 Å². The minimum Gasteiger partial charge on any atom is -0.478 e. The van der Waals surface area contributed by atoms with E-state index in [1.165, 1.54) is 12.1 Å². The minimum atomic E-state index is -1.20. The van der Waals surface area contributed by atoms with E-state index in [4.69, 9.17) is 5.11 Å². The quantitative estimate of drug-likeness (QED) is 0.703. The summed E-state index contributed by atoms with van der Waals surface area (Å²) in [5, 5.41) is 15.9. The van der Waals surface area contributed by atoms with Crippen LogP contribution in [-0.4, -0.2) is 21.3 Å². The lowest BCUT2D eigenvalue weighted by Gasteiger charge is -2.02. The summed E-state index contributed by atoms with van der Waals surface area (Å²) in [6.45, 7) is 0. The highest BCUT2D eigenvalue weighted by Gasteiger charge is 2.14. The van der Waals surface area contributed by atoms with Gasteiger partial charge in [0.25, 0.3) is 0 Å². The number of carboxylic acids is 1. The van der Waals surface area contributed by atoms with E-state index in [1.807, 2.05) is 0 Å². The first-order valence-corrected chi connectivity index (χ1v) is 4.80. The van der Waals surface area contributed by atoms with Crippen molar-refractivity contribution in [3.63, 3.8) is 0 Å². The fraction of sp³-hybridized carbons (Fsp3) is 0. The lowest BCUT2D eigenvalue weighted by atomic mass is 10.0. The first-order valence-electron chi connectivity index (χ1n) is 4.35. The van der Waals surface area contributed by atoms with Crippen LogP contribution in [0, 0.1) is 5.82 Å². The molecule has 0 atom stereocenters. The molecule has 0 bridgehead atoms. The molecule has 0 spiro atoms. The normalized spacial score (nSPS) is 10.4. The Labute approximate surface area is 95.5 Å². The number of aromatic nitrogens is 2. The predicted octanol–water partition coefficient (Wildman–Crippen LogP) is 2.20. The number of nitrogens with one attached hydrogen (secondary N) is 1. The molecule has 1 aromatic carbocycles. The van der Waals surface area contributed by atoms with Crippen LogP contribution in [0.25, 0.3) is 11.3 Å². The first kappa shape index (κ1) is 10.7. The number of hydrogen-bond donors (Lipinski definition) is 3. The number of carbonyl (C=O) groups is 1. The Bertz CT molecular complexity index is 554. The van der Waals surface area contributed by atoms with Crippen molar-refractivity contribution in [3.05, 3.63) is 35.6 Å². The zero-order chi connectivity index (χ0) is 11.7. The molecule has 4 nitrogen and oxygen atoms in total. The molecule has 0 fully saturated rings. The zero-order valence-corrected chi connectivity index (χ0v) is 8.83. The molecule has 6 heteroatoms. The van der Waals surface area contributed by atoms with Crippen LogP contribution in [0.15, 0.2) is 29.3 Å². The lowest BCUT2D eigenvalue weighted by molar-refractivity contribution is 0.0697. The van der Waals surface area contributed by atoms with Gasteiger partial charge in [-0.3, -0.25) is 5.10 Å². The third-order valence-corrected chi connectivity index (χ3v) is 2.28. The van der Waals surface area contributed by atoms with E-state index >= 15 is 0 Å². The number of aromatic carboxylic acids is 1. The number of aromatic amines is 1. The number of thiol groups is 1. The summed E-state index contributed by atoms with van der Waals surface area (Å²) in [6.07, 6.45) is 0. The average Bonchev–Trinajstić information content (AvgIpc) is 2.64. The second-order valence-corrected chi connectivity index (χ2v) is 3.62. The summed E-state index contributed by atoms with van der Waals surface area (Å²) in [6, 6.07) is 5.10. The lowest BCUT2D eigenvalue weighted by Crippen LogP contribution is -2.00. The van der Waals surface area contributed by atoms with Crippen molar-refractivity contribution in [2.24, 2.45) is 0 Å². The number of carboxylic acid groups (broad SMARTS) is 1. The molecule has 0 unspecified atom stereocenters. The van der Waals surface area contributed by atoms with Crippen molar-refractivity contribution in [2.45, 2.75) is 5.03 Å². The number of halogens is 1. The average molecular weight is 238 g/mol. The second-order valence-electron chi connectivity index (χ2n) is 3.13. The van der Waals surface area contributed by atoms with Gasteiger partial charge in [0, 0.05) is 5.56 Å². The van der Waals surface area contributed by atoms with E-state index in [2.05, 4.69) is 22.8 Å². The molecule has 1 heterocycles. The zero-order valence-electron chi connectivity index (χ0n) is 7.94.